The molecule has 106 valence electrons. The number of Topliss-reactive ketones (excluding diaryl/α,β-unsaturated/α-hetero) is 1. The number of ketones is 1. The van der Waals surface area contributed by atoms with E-state index in [-0.39, 0.29) is 11.6 Å². The fraction of sp³-hybridized carbons (Fsp3) is 0.176. The molecule has 1 heterocycles. The van der Waals surface area contributed by atoms with Crippen LogP contribution in [0, 0.1) is 5.82 Å². The van der Waals surface area contributed by atoms with Crippen LogP contribution >= 0.6 is 0 Å². The molecule has 0 aliphatic heterocycles. The molecular weight excluding hydrogens is 267 g/mol. The van der Waals surface area contributed by atoms with Gasteiger partial charge in [0, 0.05) is 36.3 Å². The van der Waals surface area contributed by atoms with Gasteiger partial charge in [-0.05, 0) is 30.0 Å². The van der Waals surface area contributed by atoms with E-state index in [0.29, 0.717) is 29.2 Å². The number of aryl methyl sites for hydroxylation is 2. The van der Waals surface area contributed by atoms with Gasteiger partial charge in [0.25, 0.3) is 0 Å². The fourth-order valence-corrected chi connectivity index (χ4v) is 2.53. The van der Waals surface area contributed by atoms with Crippen LogP contribution in [0.1, 0.15) is 22.5 Å². The van der Waals surface area contributed by atoms with E-state index in [1.54, 1.807) is 35.1 Å². The lowest BCUT2D eigenvalue weighted by molar-refractivity contribution is 0.0984. The van der Waals surface area contributed by atoms with Crippen LogP contribution in [-0.2, 0) is 13.5 Å². The zero-order valence-corrected chi connectivity index (χ0v) is 11.7. The van der Waals surface area contributed by atoms with Crippen LogP contribution in [0.15, 0.2) is 48.7 Å². The van der Waals surface area contributed by atoms with Crippen LogP contribution in [0.5, 0.6) is 0 Å². The lowest BCUT2D eigenvalue weighted by atomic mass is 9.98. The third-order valence-corrected chi connectivity index (χ3v) is 3.70. The summed E-state index contributed by atoms with van der Waals surface area (Å²) in [6.45, 7) is 0. The molecule has 0 spiro atoms. The van der Waals surface area contributed by atoms with Crippen molar-refractivity contribution in [1.29, 1.82) is 0 Å². The maximum atomic E-state index is 13.8. The Balaban J connectivity index is 1.88. The predicted octanol–water partition coefficient (Wildman–Crippen LogP) is 3.53. The number of hydrogen-bond acceptors (Lipinski definition) is 2. The molecule has 0 bridgehead atoms. The van der Waals surface area contributed by atoms with E-state index in [4.69, 9.17) is 0 Å². The molecule has 0 saturated heterocycles. The van der Waals surface area contributed by atoms with E-state index in [9.17, 15) is 9.18 Å². The van der Waals surface area contributed by atoms with Crippen molar-refractivity contribution < 1.29 is 9.18 Å². The van der Waals surface area contributed by atoms with Crippen LogP contribution in [0.4, 0.5) is 4.39 Å². The average molecular weight is 282 g/mol. The number of carbonyl (C=O) groups is 1. The number of halogens is 1. The van der Waals surface area contributed by atoms with E-state index >= 15 is 0 Å². The molecule has 0 radical (unpaired) electrons. The van der Waals surface area contributed by atoms with E-state index in [1.165, 1.54) is 6.07 Å². The Morgan fingerprint density at radius 1 is 1.14 bits per heavy atom. The standard InChI is InChI=1S/C17H15FN2O/c1-20-12(10-11-19-20)6-9-17(21)15-7-8-16(18)14-5-3-2-4-13(14)15/h2-5,7-8,10-11H,6,9H2,1H3. The van der Waals surface area contributed by atoms with Crippen LogP contribution in [0.3, 0.4) is 0 Å². The second kappa shape index (κ2) is 5.48. The maximum absolute atomic E-state index is 13.8. The van der Waals surface area contributed by atoms with Crippen molar-refractivity contribution >= 4 is 16.6 Å². The minimum atomic E-state index is -0.297. The Morgan fingerprint density at radius 3 is 2.62 bits per heavy atom. The van der Waals surface area contributed by atoms with Crippen molar-refractivity contribution in [2.75, 3.05) is 0 Å². The molecule has 0 aliphatic rings. The fourth-order valence-electron chi connectivity index (χ4n) is 2.53. The van der Waals surface area contributed by atoms with Gasteiger partial charge in [0.15, 0.2) is 5.78 Å². The normalized spacial score (nSPS) is 11.0. The molecule has 0 aliphatic carbocycles. The van der Waals surface area contributed by atoms with Crippen molar-refractivity contribution in [3.05, 3.63) is 65.7 Å². The van der Waals surface area contributed by atoms with Crippen LogP contribution in [-0.4, -0.2) is 15.6 Å². The van der Waals surface area contributed by atoms with Gasteiger partial charge < -0.3 is 0 Å². The first-order valence-corrected chi connectivity index (χ1v) is 6.84. The molecule has 0 saturated carbocycles. The quantitative estimate of drug-likeness (QED) is 0.686. The van der Waals surface area contributed by atoms with Crippen molar-refractivity contribution in [2.45, 2.75) is 12.8 Å². The summed E-state index contributed by atoms with van der Waals surface area (Å²) in [6.07, 6.45) is 2.73. The number of benzene rings is 2. The van der Waals surface area contributed by atoms with Crippen molar-refractivity contribution in [3.8, 4) is 0 Å². The Morgan fingerprint density at radius 2 is 1.90 bits per heavy atom. The predicted molar refractivity (Wildman–Crippen MR) is 79.8 cm³/mol. The van der Waals surface area contributed by atoms with Crippen LogP contribution < -0.4 is 0 Å². The summed E-state index contributed by atoms with van der Waals surface area (Å²) in [5.41, 5.74) is 1.59. The molecule has 0 atom stereocenters. The number of hydrogen-bond donors (Lipinski definition) is 0. The molecule has 0 unspecified atom stereocenters. The van der Waals surface area contributed by atoms with Gasteiger partial charge in [-0.25, -0.2) is 4.39 Å². The van der Waals surface area contributed by atoms with Gasteiger partial charge in [-0.3, -0.25) is 9.48 Å². The molecular formula is C17H15FN2O. The number of carbonyl (C=O) groups excluding carboxylic acids is 1. The van der Waals surface area contributed by atoms with Crippen molar-refractivity contribution in [2.24, 2.45) is 7.05 Å². The first-order chi connectivity index (χ1) is 10.2. The molecule has 3 nitrogen and oxygen atoms in total. The van der Waals surface area contributed by atoms with Gasteiger partial charge in [0.1, 0.15) is 5.82 Å². The van der Waals surface area contributed by atoms with Gasteiger partial charge >= 0.3 is 0 Å². The molecule has 2 aromatic carbocycles. The average Bonchev–Trinajstić information content (AvgIpc) is 2.91. The maximum Gasteiger partial charge on any atom is 0.163 e. The summed E-state index contributed by atoms with van der Waals surface area (Å²) >= 11 is 0. The van der Waals surface area contributed by atoms with Gasteiger partial charge in [-0.15, -0.1) is 0 Å². The highest BCUT2D eigenvalue weighted by atomic mass is 19.1. The number of rotatable bonds is 4. The van der Waals surface area contributed by atoms with Gasteiger partial charge in [0.05, 0.1) is 0 Å². The number of nitrogens with zero attached hydrogens (tertiary/aromatic N) is 2. The topological polar surface area (TPSA) is 34.9 Å². The summed E-state index contributed by atoms with van der Waals surface area (Å²) in [6, 6.07) is 11.9. The molecule has 4 heteroatoms. The highest BCUT2D eigenvalue weighted by Crippen LogP contribution is 2.23. The third kappa shape index (κ3) is 2.57. The summed E-state index contributed by atoms with van der Waals surface area (Å²) in [4.78, 5) is 12.4. The Kier molecular flexibility index (Phi) is 3.52. The molecule has 0 N–H and O–H groups in total. The molecule has 0 amide bonds. The SMILES string of the molecule is Cn1nccc1CCC(=O)c1ccc(F)c2ccccc12. The summed E-state index contributed by atoms with van der Waals surface area (Å²) in [5.74, 6) is -0.277. The van der Waals surface area contributed by atoms with Gasteiger partial charge in [-0.2, -0.15) is 5.10 Å². The van der Waals surface area contributed by atoms with Gasteiger partial charge in [-0.1, -0.05) is 24.3 Å². The largest absolute Gasteiger partial charge is 0.294 e. The zero-order chi connectivity index (χ0) is 14.8. The van der Waals surface area contributed by atoms with Crippen molar-refractivity contribution in [3.63, 3.8) is 0 Å². The molecule has 1 aromatic heterocycles. The lowest BCUT2D eigenvalue weighted by Gasteiger charge is -2.07. The molecule has 0 fully saturated rings. The number of aromatic nitrogens is 2. The smallest absolute Gasteiger partial charge is 0.163 e. The molecule has 3 aromatic rings. The first-order valence-electron chi connectivity index (χ1n) is 6.84. The Labute approximate surface area is 122 Å². The minimum absolute atomic E-state index is 0.0207. The lowest BCUT2D eigenvalue weighted by Crippen LogP contribution is -2.05. The summed E-state index contributed by atoms with van der Waals surface area (Å²) < 4.78 is 15.5. The summed E-state index contributed by atoms with van der Waals surface area (Å²) in [7, 11) is 1.85. The van der Waals surface area contributed by atoms with Crippen molar-refractivity contribution in [1.82, 2.24) is 9.78 Å². The van der Waals surface area contributed by atoms with E-state index < -0.39 is 0 Å². The highest BCUT2D eigenvalue weighted by molar-refractivity contribution is 6.08. The Bertz CT molecular complexity index is 807. The number of fused-ring (bicyclic) bond motifs is 1. The van der Waals surface area contributed by atoms with E-state index in [1.807, 2.05) is 19.2 Å². The summed E-state index contributed by atoms with van der Waals surface area (Å²) in [5, 5.41) is 5.25. The monoisotopic (exact) mass is 282 g/mol. The molecule has 21 heavy (non-hydrogen) atoms. The first kappa shape index (κ1) is 13.5. The Hall–Kier alpha value is -2.49. The van der Waals surface area contributed by atoms with Gasteiger partial charge in [0.2, 0.25) is 0 Å². The van der Waals surface area contributed by atoms with E-state index in [2.05, 4.69) is 5.10 Å². The third-order valence-electron chi connectivity index (χ3n) is 3.70. The minimum Gasteiger partial charge on any atom is -0.294 e. The second-order valence-electron chi connectivity index (χ2n) is 5.01. The van der Waals surface area contributed by atoms with Crippen LogP contribution in [0.25, 0.3) is 10.8 Å². The van der Waals surface area contributed by atoms with E-state index in [0.717, 1.165) is 5.69 Å². The van der Waals surface area contributed by atoms with Crippen LogP contribution in [0.2, 0.25) is 0 Å². The second-order valence-corrected chi connectivity index (χ2v) is 5.01. The zero-order valence-electron chi connectivity index (χ0n) is 11.7. The molecule has 3 rings (SSSR count). The highest BCUT2D eigenvalue weighted by Gasteiger charge is 2.13.